The van der Waals surface area contributed by atoms with Crippen molar-refractivity contribution in [3.05, 3.63) is 41.7 Å². The Balaban J connectivity index is 2.80. The fraction of sp³-hybridized carbons (Fsp3) is 0.182. The summed E-state index contributed by atoms with van der Waals surface area (Å²) in [6.45, 7) is 3.64. The van der Waals surface area contributed by atoms with Gasteiger partial charge in [-0.25, -0.2) is 4.79 Å². The third kappa shape index (κ3) is 2.62. The molecule has 0 aliphatic rings. The highest BCUT2D eigenvalue weighted by Crippen LogP contribution is 2.16. The van der Waals surface area contributed by atoms with E-state index in [0.29, 0.717) is 0 Å². The first-order valence-corrected chi connectivity index (χ1v) is 4.23. The zero-order chi connectivity index (χ0) is 10.6. The molecule has 0 aromatic heterocycles. The van der Waals surface area contributed by atoms with Crippen molar-refractivity contribution in [2.45, 2.75) is 13.8 Å². The Hall–Kier alpha value is -1.77. The maximum absolute atomic E-state index is 11.3. The van der Waals surface area contributed by atoms with Gasteiger partial charge in [-0.3, -0.25) is 0 Å². The van der Waals surface area contributed by atoms with Gasteiger partial charge in [0, 0.05) is 0 Å². The van der Waals surface area contributed by atoms with Crippen LogP contribution in [0.25, 0.3) is 0 Å². The molecule has 0 radical (unpaired) electrons. The van der Waals surface area contributed by atoms with Crippen LogP contribution in [0.5, 0.6) is 5.75 Å². The Morgan fingerprint density at radius 2 is 2.00 bits per heavy atom. The monoisotopic (exact) mass is 192 g/mol. The molecule has 14 heavy (non-hydrogen) atoms. The summed E-state index contributed by atoms with van der Waals surface area (Å²) < 4.78 is 4.81. The number of hydrogen-bond acceptors (Lipinski definition) is 3. The second-order valence-corrected chi connectivity index (χ2v) is 3.12. The van der Waals surface area contributed by atoms with E-state index < -0.39 is 5.97 Å². The van der Waals surface area contributed by atoms with Crippen LogP contribution in [0, 0.1) is 0 Å². The number of ether oxygens (including phenoxy) is 1. The number of allylic oxidation sites excluding steroid dienone is 1. The van der Waals surface area contributed by atoms with Crippen LogP contribution in [-0.2, 0) is 4.74 Å². The topological polar surface area (TPSA) is 46.5 Å². The summed E-state index contributed by atoms with van der Waals surface area (Å²) in [5.41, 5.74) is 1.05. The van der Waals surface area contributed by atoms with E-state index in [4.69, 9.17) is 4.74 Å². The van der Waals surface area contributed by atoms with Crippen LogP contribution < -0.4 is 0 Å². The third-order valence-electron chi connectivity index (χ3n) is 1.53. The Morgan fingerprint density at radius 3 is 2.57 bits per heavy atom. The van der Waals surface area contributed by atoms with Gasteiger partial charge in [-0.1, -0.05) is 12.1 Å². The SMILES string of the molecule is CC(C)=COC(=O)c1ccccc1O. The highest BCUT2D eigenvalue weighted by atomic mass is 16.5. The van der Waals surface area contributed by atoms with Crippen LogP contribution in [0.15, 0.2) is 36.1 Å². The summed E-state index contributed by atoms with van der Waals surface area (Å²) in [5, 5.41) is 9.32. The molecule has 74 valence electrons. The number of para-hydroxylation sites is 1. The molecule has 0 saturated carbocycles. The summed E-state index contributed by atoms with van der Waals surface area (Å²) >= 11 is 0. The molecule has 0 heterocycles. The van der Waals surface area contributed by atoms with Gasteiger partial charge in [0.15, 0.2) is 0 Å². The van der Waals surface area contributed by atoms with E-state index in [1.807, 2.05) is 13.8 Å². The van der Waals surface area contributed by atoms with Crippen molar-refractivity contribution < 1.29 is 14.6 Å². The van der Waals surface area contributed by atoms with E-state index in [0.717, 1.165) is 5.57 Å². The van der Waals surface area contributed by atoms with E-state index in [2.05, 4.69) is 0 Å². The van der Waals surface area contributed by atoms with Crippen LogP contribution in [0.2, 0.25) is 0 Å². The normalized spacial score (nSPS) is 9.29. The first-order valence-electron chi connectivity index (χ1n) is 4.23. The Kier molecular flexibility index (Phi) is 3.29. The summed E-state index contributed by atoms with van der Waals surface area (Å²) in [6, 6.07) is 6.27. The number of hydrogen-bond donors (Lipinski definition) is 1. The van der Waals surface area contributed by atoms with Gasteiger partial charge in [-0.2, -0.15) is 0 Å². The van der Waals surface area contributed by atoms with Crippen molar-refractivity contribution in [2.75, 3.05) is 0 Å². The molecule has 0 atom stereocenters. The van der Waals surface area contributed by atoms with Gasteiger partial charge in [0.05, 0.1) is 6.26 Å². The number of rotatable bonds is 2. The number of benzene rings is 1. The van der Waals surface area contributed by atoms with Crippen molar-refractivity contribution in [1.29, 1.82) is 0 Å². The quantitative estimate of drug-likeness (QED) is 0.578. The molecule has 1 rings (SSSR count). The molecular formula is C11H12O3. The van der Waals surface area contributed by atoms with E-state index in [1.54, 1.807) is 12.1 Å². The minimum absolute atomic E-state index is 0.0698. The molecule has 0 saturated heterocycles. The Labute approximate surface area is 82.6 Å². The minimum atomic E-state index is -0.552. The van der Waals surface area contributed by atoms with Crippen molar-refractivity contribution in [1.82, 2.24) is 0 Å². The second kappa shape index (κ2) is 4.46. The molecule has 1 aromatic carbocycles. The number of carbonyl (C=O) groups is 1. The van der Waals surface area contributed by atoms with E-state index in [1.165, 1.54) is 18.4 Å². The second-order valence-electron chi connectivity index (χ2n) is 3.12. The standard InChI is InChI=1S/C11H12O3/c1-8(2)7-14-11(13)9-5-3-4-6-10(9)12/h3-7,12H,1-2H3. The molecule has 1 aromatic rings. The van der Waals surface area contributed by atoms with Crippen LogP contribution >= 0.6 is 0 Å². The van der Waals surface area contributed by atoms with Crippen LogP contribution in [-0.4, -0.2) is 11.1 Å². The van der Waals surface area contributed by atoms with Gasteiger partial charge in [0.1, 0.15) is 11.3 Å². The molecule has 0 aliphatic carbocycles. The largest absolute Gasteiger partial charge is 0.507 e. The molecule has 0 spiro atoms. The van der Waals surface area contributed by atoms with Gasteiger partial charge in [-0.05, 0) is 31.6 Å². The Morgan fingerprint density at radius 1 is 1.36 bits per heavy atom. The first kappa shape index (κ1) is 10.3. The molecule has 3 nitrogen and oxygen atoms in total. The van der Waals surface area contributed by atoms with E-state index >= 15 is 0 Å². The summed E-state index contributed by atoms with van der Waals surface area (Å²) in [5.74, 6) is -0.621. The minimum Gasteiger partial charge on any atom is -0.507 e. The van der Waals surface area contributed by atoms with Gasteiger partial charge in [0.2, 0.25) is 0 Å². The molecule has 0 amide bonds. The smallest absolute Gasteiger partial charge is 0.346 e. The predicted octanol–water partition coefficient (Wildman–Crippen LogP) is 2.47. The Bertz CT molecular complexity index is 363. The average Bonchev–Trinajstić information content (AvgIpc) is 2.15. The summed E-state index contributed by atoms with van der Waals surface area (Å²) in [7, 11) is 0. The lowest BCUT2D eigenvalue weighted by atomic mass is 10.2. The van der Waals surface area contributed by atoms with Crippen LogP contribution in [0.4, 0.5) is 0 Å². The number of phenols is 1. The number of aromatic hydroxyl groups is 1. The zero-order valence-corrected chi connectivity index (χ0v) is 8.15. The maximum atomic E-state index is 11.3. The molecule has 0 fully saturated rings. The molecule has 0 unspecified atom stereocenters. The molecule has 0 bridgehead atoms. The summed E-state index contributed by atoms with van der Waals surface area (Å²) in [4.78, 5) is 11.3. The maximum Gasteiger partial charge on any atom is 0.346 e. The van der Waals surface area contributed by atoms with Gasteiger partial charge < -0.3 is 9.84 Å². The lowest BCUT2D eigenvalue weighted by Crippen LogP contribution is -2.00. The van der Waals surface area contributed by atoms with Crippen molar-refractivity contribution in [3.8, 4) is 5.75 Å². The van der Waals surface area contributed by atoms with Crippen LogP contribution in [0.1, 0.15) is 24.2 Å². The predicted molar refractivity (Wildman–Crippen MR) is 53.0 cm³/mol. The highest BCUT2D eigenvalue weighted by molar-refractivity contribution is 5.92. The zero-order valence-electron chi connectivity index (χ0n) is 8.15. The lowest BCUT2D eigenvalue weighted by Gasteiger charge is -2.01. The molecule has 3 heteroatoms. The molecular weight excluding hydrogens is 180 g/mol. The van der Waals surface area contributed by atoms with Crippen molar-refractivity contribution in [3.63, 3.8) is 0 Å². The van der Waals surface area contributed by atoms with Crippen LogP contribution in [0.3, 0.4) is 0 Å². The molecule has 0 aliphatic heterocycles. The fourth-order valence-corrected chi connectivity index (χ4v) is 0.881. The third-order valence-corrected chi connectivity index (χ3v) is 1.53. The fourth-order valence-electron chi connectivity index (χ4n) is 0.881. The van der Waals surface area contributed by atoms with E-state index in [-0.39, 0.29) is 11.3 Å². The average molecular weight is 192 g/mol. The van der Waals surface area contributed by atoms with Gasteiger partial charge in [-0.15, -0.1) is 0 Å². The number of esters is 1. The highest BCUT2D eigenvalue weighted by Gasteiger charge is 2.09. The van der Waals surface area contributed by atoms with Gasteiger partial charge >= 0.3 is 5.97 Å². The van der Waals surface area contributed by atoms with Gasteiger partial charge in [0.25, 0.3) is 0 Å². The van der Waals surface area contributed by atoms with Crippen molar-refractivity contribution in [2.24, 2.45) is 0 Å². The first-order chi connectivity index (χ1) is 6.61. The number of phenolic OH excluding ortho intramolecular Hbond substituents is 1. The number of carbonyl (C=O) groups excluding carboxylic acids is 1. The van der Waals surface area contributed by atoms with Crippen molar-refractivity contribution >= 4 is 5.97 Å². The summed E-state index contributed by atoms with van der Waals surface area (Å²) in [6.07, 6.45) is 1.36. The lowest BCUT2D eigenvalue weighted by molar-refractivity contribution is 0.0657. The molecule has 1 N–H and O–H groups in total. The van der Waals surface area contributed by atoms with E-state index in [9.17, 15) is 9.90 Å².